The smallest absolute Gasteiger partial charge is 0.308 e. The zero-order valence-corrected chi connectivity index (χ0v) is 22.6. The van der Waals surface area contributed by atoms with E-state index < -0.39 is 18.2 Å². The Morgan fingerprint density at radius 2 is 1.83 bits per heavy atom. The SMILES string of the molecule is CCOC(=O)CC(O)CC(O)CCc1c(C)c(NC(=S)Nc2ccccc2)c(C)c2c1OC(C)(C)C2. The summed E-state index contributed by atoms with van der Waals surface area (Å²) in [7, 11) is 0. The summed E-state index contributed by atoms with van der Waals surface area (Å²) >= 11 is 5.60. The first-order valence-electron chi connectivity index (χ1n) is 12.5. The van der Waals surface area contributed by atoms with Crippen LogP contribution in [0.15, 0.2) is 30.3 Å². The van der Waals surface area contributed by atoms with Crippen molar-refractivity contribution in [2.45, 2.75) is 84.5 Å². The number of thiocarbonyl (C=S) groups is 1. The summed E-state index contributed by atoms with van der Waals surface area (Å²) in [6.45, 7) is 10.2. The van der Waals surface area contributed by atoms with Gasteiger partial charge in [-0.25, -0.2) is 0 Å². The number of ether oxygens (including phenoxy) is 2. The van der Waals surface area contributed by atoms with E-state index in [1.54, 1.807) is 6.92 Å². The highest BCUT2D eigenvalue weighted by atomic mass is 32.1. The first-order chi connectivity index (χ1) is 17.0. The Kier molecular flexibility index (Phi) is 9.33. The van der Waals surface area contributed by atoms with Crippen LogP contribution >= 0.6 is 12.2 Å². The molecule has 0 aromatic heterocycles. The molecule has 0 saturated carbocycles. The van der Waals surface area contributed by atoms with E-state index in [-0.39, 0.29) is 25.0 Å². The number of fused-ring (bicyclic) bond motifs is 1. The highest BCUT2D eigenvalue weighted by Crippen LogP contribution is 2.45. The lowest BCUT2D eigenvalue weighted by Crippen LogP contribution is -2.25. The molecule has 7 nitrogen and oxygen atoms in total. The number of rotatable bonds is 10. The van der Waals surface area contributed by atoms with Crippen LogP contribution in [-0.2, 0) is 22.4 Å². The van der Waals surface area contributed by atoms with Gasteiger partial charge in [-0.15, -0.1) is 0 Å². The van der Waals surface area contributed by atoms with Gasteiger partial charge in [0.15, 0.2) is 5.11 Å². The predicted octanol–water partition coefficient (Wildman–Crippen LogP) is 4.82. The summed E-state index contributed by atoms with van der Waals surface area (Å²) in [6.07, 6.45) is 0.0262. The van der Waals surface area contributed by atoms with Gasteiger partial charge < -0.3 is 30.3 Å². The van der Waals surface area contributed by atoms with E-state index in [9.17, 15) is 15.0 Å². The van der Waals surface area contributed by atoms with Gasteiger partial charge in [0.25, 0.3) is 0 Å². The molecule has 1 heterocycles. The van der Waals surface area contributed by atoms with Crippen LogP contribution in [0.5, 0.6) is 5.75 Å². The van der Waals surface area contributed by atoms with Crippen LogP contribution < -0.4 is 15.4 Å². The summed E-state index contributed by atoms with van der Waals surface area (Å²) in [5, 5.41) is 27.9. The van der Waals surface area contributed by atoms with Gasteiger partial charge in [-0.1, -0.05) is 18.2 Å². The van der Waals surface area contributed by atoms with Crippen LogP contribution in [0.25, 0.3) is 0 Å². The third-order valence-electron chi connectivity index (χ3n) is 6.43. The molecule has 0 saturated heterocycles. The molecule has 2 aromatic rings. The Bertz CT molecular complexity index is 1090. The van der Waals surface area contributed by atoms with Gasteiger partial charge in [-0.3, -0.25) is 4.79 Å². The van der Waals surface area contributed by atoms with E-state index in [0.29, 0.717) is 18.0 Å². The van der Waals surface area contributed by atoms with E-state index in [2.05, 4.69) is 31.4 Å². The average molecular weight is 515 g/mol. The second-order valence-electron chi connectivity index (χ2n) is 9.99. The molecule has 0 spiro atoms. The third kappa shape index (κ3) is 7.18. The molecule has 2 unspecified atom stereocenters. The number of aliphatic hydroxyl groups is 2. The second-order valence-corrected chi connectivity index (χ2v) is 10.4. The molecule has 1 aliphatic heterocycles. The van der Waals surface area contributed by atoms with Gasteiger partial charge in [-0.05, 0) is 94.9 Å². The highest BCUT2D eigenvalue weighted by molar-refractivity contribution is 7.80. The number of nitrogens with one attached hydrogen (secondary N) is 2. The van der Waals surface area contributed by atoms with Crippen molar-refractivity contribution in [2.75, 3.05) is 17.2 Å². The molecule has 2 atom stereocenters. The lowest BCUT2D eigenvalue weighted by atomic mass is 9.89. The minimum Gasteiger partial charge on any atom is -0.487 e. The number of carbonyl (C=O) groups is 1. The number of anilines is 2. The van der Waals surface area contributed by atoms with Crippen LogP contribution in [0.2, 0.25) is 0 Å². The zero-order valence-electron chi connectivity index (χ0n) is 21.8. The number of esters is 1. The molecule has 0 bridgehead atoms. The van der Waals surface area contributed by atoms with Crippen molar-refractivity contribution < 1.29 is 24.5 Å². The van der Waals surface area contributed by atoms with Crippen molar-refractivity contribution in [2.24, 2.45) is 0 Å². The van der Waals surface area contributed by atoms with Gasteiger partial charge in [-0.2, -0.15) is 0 Å². The maximum absolute atomic E-state index is 11.6. The summed E-state index contributed by atoms with van der Waals surface area (Å²) < 4.78 is 11.2. The molecular formula is C28H38N2O5S. The quantitative estimate of drug-likeness (QED) is 0.264. The van der Waals surface area contributed by atoms with Crippen LogP contribution in [0.3, 0.4) is 0 Å². The molecule has 4 N–H and O–H groups in total. The van der Waals surface area contributed by atoms with Gasteiger partial charge in [0.05, 0.1) is 25.2 Å². The first-order valence-corrected chi connectivity index (χ1v) is 12.9. The van der Waals surface area contributed by atoms with Crippen molar-refractivity contribution in [3.63, 3.8) is 0 Å². The Balaban J connectivity index is 1.78. The van der Waals surface area contributed by atoms with E-state index in [0.717, 1.165) is 45.8 Å². The number of hydrogen-bond acceptors (Lipinski definition) is 6. The van der Waals surface area contributed by atoms with Crippen molar-refractivity contribution in [1.29, 1.82) is 0 Å². The molecular weight excluding hydrogens is 476 g/mol. The maximum Gasteiger partial charge on any atom is 0.308 e. The summed E-state index contributed by atoms with van der Waals surface area (Å²) in [4.78, 5) is 11.6. The molecule has 0 radical (unpaired) electrons. The number of hydrogen-bond donors (Lipinski definition) is 4. The van der Waals surface area contributed by atoms with Gasteiger partial charge in [0, 0.05) is 23.4 Å². The Labute approximate surface area is 219 Å². The Morgan fingerprint density at radius 3 is 2.50 bits per heavy atom. The molecule has 196 valence electrons. The van der Waals surface area contributed by atoms with Gasteiger partial charge in [0.2, 0.25) is 0 Å². The molecule has 1 aliphatic rings. The van der Waals surface area contributed by atoms with Crippen LogP contribution in [0.4, 0.5) is 11.4 Å². The van der Waals surface area contributed by atoms with E-state index in [1.165, 1.54) is 0 Å². The average Bonchev–Trinajstić information content (AvgIpc) is 3.12. The van der Waals surface area contributed by atoms with E-state index >= 15 is 0 Å². The van der Waals surface area contributed by atoms with Gasteiger partial charge in [0.1, 0.15) is 11.4 Å². The number of carbonyl (C=O) groups excluding carboxylic acids is 1. The fourth-order valence-corrected chi connectivity index (χ4v) is 4.92. The lowest BCUT2D eigenvalue weighted by Gasteiger charge is -2.23. The van der Waals surface area contributed by atoms with E-state index in [1.807, 2.05) is 37.3 Å². The monoisotopic (exact) mass is 514 g/mol. The number of aliphatic hydroxyl groups excluding tert-OH is 2. The Hall–Kier alpha value is -2.68. The molecule has 36 heavy (non-hydrogen) atoms. The van der Waals surface area contributed by atoms with Crippen molar-refractivity contribution >= 4 is 34.7 Å². The molecule has 0 aliphatic carbocycles. The zero-order chi connectivity index (χ0) is 26.5. The standard InChI is InChI=1S/C28H38N2O5S/c1-6-34-24(33)15-21(32)14-20(31)12-13-22-17(2)25(18(3)23-16-28(4,5)35-26(22)23)30-27(36)29-19-10-8-7-9-11-19/h7-11,20-21,31-32H,6,12-16H2,1-5H3,(H2,29,30,36). The molecule has 8 heteroatoms. The predicted molar refractivity (Wildman–Crippen MR) is 147 cm³/mol. The molecule has 2 aromatic carbocycles. The number of benzene rings is 2. The van der Waals surface area contributed by atoms with Crippen LogP contribution in [0.1, 0.15) is 62.3 Å². The van der Waals surface area contributed by atoms with Gasteiger partial charge >= 0.3 is 5.97 Å². The highest BCUT2D eigenvalue weighted by Gasteiger charge is 2.35. The molecule has 3 rings (SSSR count). The first kappa shape index (κ1) is 27.9. The molecule has 0 fully saturated rings. The molecule has 0 amide bonds. The Morgan fingerprint density at radius 1 is 1.14 bits per heavy atom. The fourth-order valence-electron chi connectivity index (χ4n) is 4.70. The van der Waals surface area contributed by atoms with Crippen molar-refractivity contribution in [3.8, 4) is 5.75 Å². The topological polar surface area (TPSA) is 100 Å². The van der Waals surface area contributed by atoms with E-state index in [4.69, 9.17) is 21.7 Å². The fraction of sp³-hybridized carbons (Fsp3) is 0.500. The number of para-hydroxylation sites is 1. The van der Waals surface area contributed by atoms with Crippen LogP contribution in [-0.4, -0.2) is 45.7 Å². The third-order valence-corrected chi connectivity index (χ3v) is 6.64. The maximum atomic E-state index is 11.6. The summed E-state index contributed by atoms with van der Waals surface area (Å²) in [6, 6.07) is 9.76. The van der Waals surface area contributed by atoms with Crippen molar-refractivity contribution in [3.05, 3.63) is 52.6 Å². The minimum absolute atomic E-state index is 0.106. The van der Waals surface area contributed by atoms with Crippen LogP contribution in [0, 0.1) is 13.8 Å². The minimum atomic E-state index is -0.947. The summed E-state index contributed by atoms with van der Waals surface area (Å²) in [5.74, 6) is 0.414. The van der Waals surface area contributed by atoms with Crippen molar-refractivity contribution in [1.82, 2.24) is 0 Å². The second kappa shape index (κ2) is 12.0. The largest absolute Gasteiger partial charge is 0.487 e. The summed E-state index contributed by atoms with van der Waals surface area (Å²) in [5.41, 5.74) is 5.79. The lowest BCUT2D eigenvalue weighted by molar-refractivity contribution is -0.145. The normalized spacial score (nSPS) is 15.4.